The van der Waals surface area contributed by atoms with Crippen molar-refractivity contribution >= 4 is 39.7 Å². The van der Waals surface area contributed by atoms with E-state index >= 15 is 0 Å². The molecule has 0 bridgehead atoms. The lowest BCUT2D eigenvalue weighted by molar-refractivity contribution is 0.957. The zero-order chi connectivity index (χ0) is 14.2. The van der Waals surface area contributed by atoms with Crippen molar-refractivity contribution < 1.29 is 0 Å². The van der Waals surface area contributed by atoms with Crippen molar-refractivity contribution in [1.82, 2.24) is 5.43 Å². The number of rotatable bonds is 4. The summed E-state index contributed by atoms with van der Waals surface area (Å²) in [5.74, 6) is 0.337. The fraction of sp³-hybridized carbons (Fsp3) is 0.0667. The largest absolute Gasteiger partial charge is 0.278 e. The molecule has 0 radical (unpaired) electrons. The van der Waals surface area contributed by atoms with Gasteiger partial charge in [0.1, 0.15) is 0 Å². The molecular formula is C15H13N3S2. The van der Waals surface area contributed by atoms with E-state index in [1.807, 2.05) is 65.7 Å². The lowest BCUT2D eigenvalue weighted by atomic mass is 10.2. The molecule has 0 aliphatic heterocycles. The Kier molecular flexibility index (Phi) is 5.42. The maximum absolute atomic E-state index is 8.61. The third-order valence-corrected chi connectivity index (χ3v) is 3.57. The molecule has 0 unspecified atom stereocenters. The SMILES string of the molecule is N#CCSC(=S)NN(c1ccccc1)c1ccccc1. The van der Waals surface area contributed by atoms with Crippen molar-refractivity contribution in [3.8, 4) is 6.07 Å². The lowest BCUT2D eigenvalue weighted by Gasteiger charge is -2.26. The molecule has 100 valence electrons. The van der Waals surface area contributed by atoms with Gasteiger partial charge in [-0.25, -0.2) is 0 Å². The van der Waals surface area contributed by atoms with E-state index in [2.05, 4.69) is 11.5 Å². The Morgan fingerprint density at radius 1 is 1.05 bits per heavy atom. The zero-order valence-electron chi connectivity index (χ0n) is 10.7. The summed E-state index contributed by atoms with van der Waals surface area (Å²) >= 11 is 6.57. The Labute approximate surface area is 128 Å². The van der Waals surface area contributed by atoms with Crippen LogP contribution < -0.4 is 10.4 Å². The number of hydrogen-bond acceptors (Lipinski definition) is 4. The van der Waals surface area contributed by atoms with Crippen LogP contribution in [-0.4, -0.2) is 10.1 Å². The van der Waals surface area contributed by atoms with Crippen molar-refractivity contribution in [2.75, 3.05) is 10.8 Å². The van der Waals surface area contributed by atoms with Gasteiger partial charge in [-0.05, 0) is 24.3 Å². The van der Waals surface area contributed by atoms with Crippen molar-refractivity contribution in [3.05, 3.63) is 60.7 Å². The van der Waals surface area contributed by atoms with Crippen LogP contribution in [0.15, 0.2) is 60.7 Å². The zero-order valence-corrected chi connectivity index (χ0v) is 12.3. The van der Waals surface area contributed by atoms with Crippen LogP contribution >= 0.6 is 24.0 Å². The van der Waals surface area contributed by atoms with Gasteiger partial charge in [0, 0.05) is 0 Å². The van der Waals surface area contributed by atoms with Gasteiger partial charge in [0.2, 0.25) is 0 Å². The van der Waals surface area contributed by atoms with Gasteiger partial charge in [0.25, 0.3) is 0 Å². The minimum atomic E-state index is 0.337. The normalized spacial score (nSPS) is 9.55. The molecule has 0 saturated carbocycles. The number of hydrazine groups is 1. The smallest absolute Gasteiger partial charge is 0.153 e. The second-order valence-corrected chi connectivity index (χ2v) is 5.50. The van der Waals surface area contributed by atoms with E-state index in [9.17, 15) is 0 Å². The van der Waals surface area contributed by atoms with Crippen LogP contribution in [0.1, 0.15) is 0 Å². The first-order valence-corrected chi connectivity index (χ1v) is 7.41. The summed E-state index contributed by atoms with van der Waals surface area (Å²) in [6, 6.07) is 21.9. The summed E-state index contributed by atoms with van der Waals surface area (Å²) < 4.78 is 0.569. The Morgan fingerprint density at radius 3 is 2.00 bits per heavy atom. The number of nitrogens with zero attached hydrogens (tertiary/aromatic N) is 2. The fourth-order valence-electron chi connectivity index (χ4n) is 1.65. The third kappa shape index (κ3) is 3.98. The van der Waals surface area contributed by atoms with E-state index in [0.717, 1.165) is 11.4 Å². The molecule has 0 aliphatic carbocycles. The minimum Gasteiger partial charge on any atom is -0.278 e. The molecule has 0 saturated heterocycles. The summed E-state index contributed by atoms with van der Waals surface area (Å²) in [4.78, 5) is 0. The molecule has 5 heteroatoms. The highest BCUT2D eigenvalue weighted by atomic mass is 32.2. The van der Waals surface area contributed by atoms with Crippen molar-refractivity contribution in [1.29, 1.82) is 5.26 Å². The number of hydrogen-bond donors (Lipinski definition) is 1. The van der Waals surface area contributed by atoms with Crippen LogP contribution in [0, 0.1) is 11.3 Å². The second-order valence-electron chi connectivity index (χ2n) is 3.85. The van der Waals surface area contributed by atoms with Crippen molar-refractivity contribution in [2.45, 2.75) is 0 Å². The maximum atomic E-state index is 8.61. The molecule has 0 aromatic heterocycles. The van der Waals surface area contributed by atoms with E-state index in [-0.39, 0.29) is 0 Å². The number of thiocarbonyl (C=S) groups is 1. The molecule has 2 aromatic carbocycles. The summed E-state index contributed by atoms with van der Waals surface area (Å²) in [7, 11) is 0. The molecular weight excluding hydrogens is 286 g/mol. The Hall–Kier alpha value is -2.03. The molecule has 0 amide bonds. The van der Waals surface area contributed by atoms with E-state index in [4.69, 9.17) is 17.5 Å². The summed E-state index contributed by atoms with van der Waals surface area (Å²) in [5, 5.41) is 10.5. The third-order valence-electron chi connectivity index (χ3n) is 2.50. The van der Waals surface area contributed by atoms with Crippen LogP contribution in [0.2, 0.25) is 0 Å². The molecule has 0 aliphatic rings. The predicted octanol–water partition coefficient (Wildman–Crippen LogP) is 3.87. The van der Waals surface area contributed by atoms with Gasteiger partial charge in [-0.1, -0.05) is 60.4 Å². The van der Waals surface area contributed by atoms with Crippen molar-refractivity contribution in [2.24, 2.45) is 0 Å². The number of para-hydroxylation sites is 2. The number of nitriles is 1. The summed E-state index contributed by atoms with van der Waals surface area (Å²) in [6.07, 6.45) is 0. The average molecular weight is 299 g/mol. The molecule has 0 atom stereocenters. The molecule has 2 aromatic rings. The van der Waals surface area contributed by atoms with Crippen LogP contribution in [0.5, 0.6) is 0 Å². The van der Waals surface area contributed by atoms with E-state index in [0.29, 0.717) is 10.1 Å². The van der Waals surface area contributed by atoms with Crippen LogP contribution in [0.25, 0.3) is 0 Å². The molecule has 0 fully saturated rings. The number of thioether (sulfide) groups is 1. The Morgan fingerprint density at radius 2 is 1.55 bits per heavy atom. The number of nitrogens with one attached hydrogen (secondary N) is 1. The summed E-state index contributed by atoms with van der Waals surface area (Å²) in [6.45, 7) is 0. The van der Waals surface area contributed by atoms with Gasteiger partial charge >= 0.3 is 0 Å². The van der Waals surface area contributed by atoms with Crippen molar-refractivity contribution in [3.63, 3.8) is 0 Å². The van der Waals surface area contributed by atoms with E-state index in [1.54, 1.807) is 0 Å². The highest BCUT2D eigenvalue weighted by Gasteiger charge is 2.10. The first-order valence-electron chi connectivity index (χ1n) is 6.02. The van der Waals surface area contributed by atoms with Gasteiger partial charge in [-0.3, -0.25) is 10.4 Å². The molecule has 0 spiro atoms. The monoisotopic (exact) mass is 299 g/mol. The van der Waals surface area contributed by atoms with Gasteiger partial charge in [0.15, 0.2) is 4.32 Å². The fourth-order valence-corrected chi connectivity index (χ4v) is 2.27. The highest BCUT2D eigenvalue weighted by Crippen LogP contribution is 2.23. The van der Waals surface area contributed by atoms with Gasteiger partial charge in [-0.2, -0.15) is 5.26 Å². The molecule has 2 rings (SSSR count). The minimum absolute atomic E-state index is 0.337. The predicted molar refractivity (Wildman–Crippen MR) is 88.8 cm³/mol. The molecule has 20 heavy (non-hydrogen) atoms. The number of anilines is 2. The molecule has 0 heterocycles. The highest BCUT2D eigenvalue weighted by molar-refractivity contribution is 8.23. The molecule has 3 nitrogen and oxygen atoms in total. The number of benzene rings is 2. The first kappa shape index (κ1) is 14.4. The van der Waals surface area contributed by atoms with Crippen LogP contribution in [0.3, 0.4) is 0 Å². The van der Waals surface area contributed by atoms with Gasteiger partial charge < -0.3 is 0 Å². The van der Waals surface area contributed by atoms with Crippen LogP contribution in [0.4, 0.5) is 11.4 Å². The first-order chi connectivity index (χ1) is 9.81. The topological polar surface area (TPSA) is 39.1 Å². The lowest BCUT2D eigenvalue weighted by Crippen LogP contribution is -2.36. The second kappa shape index (κ2) is 7.53. The molecule has 1 N–H and O–H groups in total. The van der Waals surface area contributed by atoms with Gasteiger partial charge in [0.05, 0.1) is 23.2 Å². The maximum Gasteiger partial charge on any atom is 0.153 e. The van der Waals surface area contributed by atoms with E-state index < -0.39 is 0 Å². The Bertz CT molecular complexity index is 554. The van der Waals surface area contributed by atoms with Gasteiger partial charge in [-0.15, -0.1) is 0 Å². The standard InChI is InChI=1S/C15H13N3S2/c16-11-12-20-15(19)17-18(13-7-3-1-4-8-13)14-9-5-2-6-10-14/h1-10H,12H2,(H,17,19). The van der Waals surface area contributed by atoms with E-state index in [1.165, 1.54) is 11.8 Å². The average Bonchev–Trinajstić information content (AvgIpc) is 2.52. The quantitative estimate of drug-likeness (QED) is 0.685. The van der Waals surface area contributed by atoms with Crippen LogP contribution in [-0.2, 0) is 0 Å². The summed E-state index contributed by atoms with van der Waals surface area (Å²) in [5.41, 5.74) is 5.13. The Balaban J connectivity index is 2.22.